The molecule has 1 aliphatic rings. The van der Waals surface area contributed by atoms with Gasteiger partial charge in [-0.05, 0) is 48.4 Å². The fraction of sp³-hybridized carbons (Fsp3) is 0.292. The molecule has 0 saturated carbocycles. The fourth-order valence-corrected chi connectivity index (χ4v) is 3.49. The van der Waals surface area contributed by atoms with Gasteiger partial charge in [0, 0.05) is 18.1 Å². The van der Waals surface area contributed by atoms with Crippen LogP contribution in [0, 0.1) is 5.82 Å². The van der Waals surface area contributed by atoms with Crippen molar-refractivity contribution in [1.82, 2.24) is 0 Å². The summed E-state index contributed by atoms with van der Waals surface area (Å²) in [6.07, 6.45) is -0.195. The van der Waals surface area contributed by atoms with E-state index in [1.807, 2.05) is 42.5 Å². The number of benzene rings is 3. The van der Waals surface area contributed by atoms with E-state index in [0.717, 1.165) is 16.3 Å². The van der Waals surface area contributed by atoms with Gasteiger partial charge in [0.1, 0.15) is 18.2 Å². The van der Waals surface area contributed by atoms with Gasteiger partial charge in [0.25, 0.3) is 0 Å². The number of Topliss-reactive ketones (excluding diaryl/α,β-unsaturated/α-hetero) is 1. The quantitative estimate of drug-likeness (QED) is 0.534. The number of carbonyl (C=O) groups is 1. The van der Waals surface area contributed by atoms with Crippen LogP contribution in [0.5, 0.6) is 5.75 Å². The summed E-state index contributed by atoms with van der Waals surface area (Å²) in [6.45, 7) is 4.24. The summed E-state index contributed by atoms with van der Waals surface area (Å²) >= 11 is 0. The lowest BCUT2D eigenvalue weighted by Gasteiger charge is -2.16. The van der Waals surface area contributed by atoms with Crippen LogP contribution in [0.1, 0.15) is 36.2 Å². The van der Waals surface area contributed by atoms with Crippen molar-refractivity contribution in [2.75, 3.05) is 6.61 Å². The molecule has 1 heterocycles. The van der Waals surface area contributed by atoms with Crippen molar-refractivity contribution in [2.45, 2.75) is 38.8 Å². The Morgan fingerprint density at radius 3 is 2.66 bits per heavy atom. The Hall–Kier alpha value is -2.76. The van der Waals surface area contributed by atoms with Crippen molar-refractivity contribution in [3.8, 4) is 5.75 Å². The summed E-state index contributed by atoms with van der Waals surface area (Å²) in [7, 11) is 0. The highest BCUT2D eigenvalue weighted by molar-refractivity contribution is 5.96. The third kappa shape index (κ3) is 4.81. The van der Waals surface area contributed by atoms with Crippen LogP contribution in [-0.4, -0.2) is 24.3 Å². The van der Waals surface area contributed by atoms with E-state index in [9.17, 15) is 9.18 Å². The largest absolute Gasteiger partial charge is 0.489 e. The molecule has 0 spiro atoms. The van der Waals surface area contributed by atoms with Gasteiger partial charge in [-0.25, -0.2) is 4.39 Å². The molecule has 29 heavy (non-hydrogen) atoms. The Bertz CT molecular complexity index is 1040. The highest BCUT2D eigenvalue weighted by atomic mass is 19.1. The Morgan fingerprint density at radius 1 is 1.10 bits per heavy atom. The molecule has 0 bridgehead atoms. The third-order valence-corrected chi connectivity index (χ3v) is 4.89. The molecule has 3 aromatic carbocycles. The van der Waals surface area contributed by atoms with E-state index in [0.29, 0.717) is 12.4 Å². The Morgan fingerprint density at radius 2 is 1.90 bits per heavy atom. The van der Waals surface area contributed by atoms with Gasteiger partial charge in [-0.2, -0.15) is 0 Å². The lowest BCUT2D eigenvalue weighted by molar-refractivity contribution is -0.137. The molecule has 1 saturated heterocycles. The molecule has 0 aromatic heterocycles. The molecule has 1 aliphatic heterocycles. The molecule has 1 fully saturated rings. The van der Waals surface area contributed by atoms with Crippen molar-refractivity contribution in [3.05, 3.63) is 77.6 Å². The molecule has 4 rings (SSSR count). The highest BCUT2D eigenvalue weighted by Gasteiger charge is 2.34. The average Bonchev–Trinajstić information content (AvgIpc) is 3.04. The SMILES string of the molecule is CC1(C)OCC(CC(=O)c2cc(F)cc(OCc3ccc4ccccc4c3)c2)O1. The summed E-state index contributed by atoms with van der Waals surface area (Å²) in [5.74, 6) is -1.08. The zero-order valence-corrected chi connectivity index (χ0v) is 16.5. The fourth-order valence-electron chi connectivity index (χ4n) is 3.49. The zero-order valence-electron chi connectivity index (χ0n) is 16.5. The maximum absolute atomic E-state index is 14.1. The summed E-state index contributed by atoms with van der Waals surface area (Å²) in [6, 6.07) is 18.2. The van der Waals surface area contributed by atoms with Crippen LogP contribution in [0.4, 0.5) is 4.39 Å². The molecular weight excluding hydrogens is 371 g/mol. The van der Waals surface area contributed by atoms with Crippen LogP contribution in [0.25, 0.3) is 10.8 Å². The molecule has 1 atom stereocenters. The molecule has 0 N–H and O–H groups in total. The van der Waals surface area contributed by atoms with Crippen molar-refractivity contribution in [1.29, 1.82) is 0 Å². The summed E-state index contributed by atoms with van der Waals surface area (Å²) in [5, 5.41) is 2.27. The first-order valence-electron chi connectivity index (χ1n) is 9.64. The minimum absolute atomic E-state index is 0.136. The molecule has 0 radical (unpaired) electrons. The first-order chi connectivity index (χ1) is 13.9. The molecular formula is C24H23FO4. The van der Waals surface area contributed by atoms with Gasteiger partial charge in [-0.15, -0.1) is 0 Å². The molecule has 1 unspecified atom stereocenters. The van der Waals surface area contributed by atoms with E-state index >= 15 is 0 Å². The molecule has 3 aromatic rings. The van der Waals surface area contributed by atoms with Crippen LogP contribution in [-0.2, 0) is 16.1 Å². The molecule has 4 nitrogen and oxygen atoms in total. The number of hydrogen-bond acceptors (Lipinski definition) is 4. The van der Waals surface area contributed by atoms with Crippen molar-refractivity contribution >= 4 is 16.6 Å². The maximum atomic E-state index is 14.1. The van der Waals surface area contributed by atoms with Crippen LogP contribution in [0.15, 0.2) is 60.7 Å². The third-order valence-electron chi connectivity index (χ3n) is 4.89. The van der Waals surface area contributed by atoms with Gasteiger partial charge in [0.15, 0.2) is 11.6 Å². The number of hydrogen-bond donors (Lipinski definition) is 0. The molecule has 0 aliphatic carbocycles. The van der Waals surface area contributed by atoms with Crippen LogP contribution >= 0.6 is 0 Å². The number of fused-ring (bicyclic) bond motifs is 1. The number of ketones is 1. The van der Waals surface area contributed by atoms with Crippen molar-refractivity contribution in [3.63, 3.8) is 0 Å². The van der Waals surface area contributed by atoms with E-state index < -0.39 is 11.6 Å². The second kappa shape index (κ2) is 7.93. The Labute approximate surface area is 169 Å². The minimum atomic E-state index is -0.693. The standard InChI is InChI=1S/C24H23FO4/c1-24(2)28-15-22(29-24)13-23(26)19-10-20(25)12-21(11-19)27-14-16-7-8-17-5-3-4-6-18(17)9-16/h3-12,22H,13-15H2,1-2H3. The van der Waals surface area contributed by atoms with Gasteiger partial charge >= 0.3 is 0 Å². The molecule has 5 heteroatoms. The first-order valence-corrected chi connectivity index (χ1v) is 9.64. The van der Waals surface area contributed by atoms with Crippen LogP contribution in [0.3, 0.4) is 0 Å². The second-order valence-electron chi connectivity index (χ2n) is 7.72. The van der Waals surface area contributed by atoms with Gasteiger partial charge in [-0.1, -0.05) is 36.4 Å². The van der Waals surface area contributed by atoms with Crippen LogP contribution < -0.4 is 4.74 Å². The van der Waals surface area contributed by atoms with Gasteiger partial charge in [-0.3, -0.25) is 4.79 Å². The van der Waals surface area contributed by atoms with E-state index in [4.69, 9.17) is 14.2 Å². The number of carbonyl (C=O) groups excluding carboxylic acids is 1. The van der Waals surface area contributed by atoms with E-state index in [-0.39, 0.29) is 30.5 Å². The lowest BCUT2D eigenvalue weighted by Crippen LogP contribution is -2.23. The smallest absolute Gasteiger partial charge is 0.165 e. The zero-order chi connectivity index (χ0) is 20.4. The Kier molecular flexibility index (Phi) is 5.35. The summed E-state index contributed by atoms with van der Waals surface area (Å²) in [4.78, 5) is 12.6. The predicted molar refractivity (Wildman–Crippen MR) is 109 cm³/mol. The van der Waals surface area contributed by atoms with Gasteiger partial charge < -0.3 is 14.2 Å². The van der Waals surface area contributed by atoms with Crippen LogP contribution in [0.2, 0.25) is 0 Å². The Balaban J connectivity index is 1.44. The second-order valence-corrected chi connectivity index (χ2v) is 7.72. The monoisotopic (exact) mass is 394 g/mol. The number of rotatable bonds is 6. The number of halogens is 1. The average molecular weight is 394 g/mol. The van der Waals surface area contributed by atoms with E-state index in [2.05, 4.69) is 0 Å². The van der Waals surface area contributed by atoms with Crippen molar-refractivity contribution < 1.29 is 23.4 Å². The summed E-state index contributed by atoms with van der Waals surface area (Å²) < 4.78 is 31.0. The van der Waals surface area contributed by atoms with E-state index in [1.165, 1.54) is 12.1 Å². The van der Waals surface area contributed by atoms with Gasteiger partial charge in [0.05, 0.1) is 12.7 Å². The number of ether oxygens (including phenoxy) is 3. The predicted octanol–water partition coefficient (Wildman–Crippen LogP) is 5.28. The van der Waals surface area contributed by atoms with Crippen molar-refractivity contribution in [2.24, 2.45) is 0 Å². The molecule has 150 valence electrons. The first kappa shape index (κ1) is 19.6. The molecule has 0 amide bonds. The van der Waals surface area contributed by atoms with Gasteiger partial charge in [0.2, 0.25) is 0 Å². The van der Waals surface area contributed by atoms with E-state index in [1.54, 1.807) is 19.9 Å². The maximum Gasteiger partial charge on any atom is 0.165 e. The topological polar surface area (TPSA) is 44.8 Å². The lowest BCUT2D eigenvalue weighted by atomic mass is 10.0. The summed E-state index contributed by atoms with van der Waals surface area (Å²) in [5.41, 5.74) is 1.24. The normalized spacial score (nSPS) is 18.1. The highest BCUT2D eigenvalue weighted by Crippen LogP contribution is 2.26. The minimum Gasteiger partial charge on any atom is -0.489 e.